The molecule has 0 radical (unpaired) electrons. The molecule has 0 aromatic carbocycles. The van der Waals surface area contributed by atoms with Crippen molar-refractivity contribution in [2.24, 2.45) is 5.73 Å². The number of nitrogens with zero attached hydrogens (tertiary/aromatic N) is 4. The summed E-state index contributed by atoms with van der Waals surface area (Å²) in [5.41, 5.74) is 6.05. The Kier molecular flexibility index (Phi) is 4.19. The van der Waals surface area contributed by atoms with Gasteiger partial charge in [-0.2, -0.15) is 5.10 Å². The zero-order chi connectivity index (χ0) is 21.9. The summed E-state index contributed by atoms with van der Waals surface area (Å²) >= 11 is 6.00. The number of primary amides is 1. The Balaban J connectivity index is 1.38. The summed E-state index contributed by atoms with van der Waals surface area (Å²) in [5, 5.41) is 4.87. The van der Waals surface area contributed by atoms with Crippen LogP contribution in [0.1, 0.15) is 39.6 Å². The van der Waals surface area contributed by atoms with Crippen LogP contribution in [0.15, 0.2) is 48.7 Å². The van der Waals surface area contributed by atoms with Gasteiger partial charge in [0.25, 0.3) is 11.8 Å². The van der Waals surface area contributed by atoms with Crippen LogP contribution >= 0.6 is 11.6 Å². The highest BCUT2D eigenvalue weighted by Crippen LogP contribution is 2.32. The fraction of sp³-hybridized carbons (Fsp3) is 0.238. The Morgan fingerprint density at radius 2 is 1.97 bits per heavy atom. The van der Waals surface area contributed by atoms with Gasteiger partial charge in [-0.05, 0) is 49.4 Å². The molecule has 0 fully saturated rings. The van der Waals surface area contributed by atoms with Crippen molar-refractivity contribution >= 4 is 34.9 Å². The number of amides is 2. The zero-order valence-corrected chi connectivity index (χ0v) is 17.2. The van der Waals surface area contributed by atoms with Gasteiger partial charge in [-0.3, -0.25) is 9.59 Å². The number of carbonyl (C=O) groups excluding carboxylic acids is 3. The number of nitrogens with two attached hydrogens (primary N) is 1. The van der Waals surface area contributed by atoms with Crippen LogP contribution < -0.4 is 5.73 Å². The number of ether oxygens (including phenoxy) is 1. The minimum absolute atomic E-state index is 0.209. The van der Waals surface area contributed by atoms with E-state index in [2.05, 4.69) is 5.10 Å². The number of fused-ring (bicyclic) bond motifs is 2. The normalized spacial score (nSPS) is 18.6. The van der Waals surface area contributed by atoms with Crippen molar-refractivity contribution in [3.8, 4) is 0 Å². The molecule has 1 aliphatic heterocycles. The molecule has 158 valence electrons. The van der Waals surface area contributed by atoms with Crippen LogP contribution in [-0.2, 0) is 16.1 Å². The number of hydrogen-bond acceptors (Lipinski definition) is 5. The molecule has 1 atom stereocenters. The Morgan fingerprint density at radius 3 is 2.68 bits per heavy atom. The van der Waals surface area contributed by atoms with Crippen molar-refractivity contribution in [1.29, 1.82) is 0 Å². The van der Waals surface area contributed by atoms with E-state index in [4.69, 9.17) is 22.1 Å². The number of carbonyl (C=O) groups is 3. The summed E-state index contributed by atoms with van der Waals surface area (Å²) in [7, 11) is 0. The fourth-order valence-electron chi connectivity index (χ4n) is 3.89. The molecule has 4 heterocycles. The number of esters is 1. The SMILES string of the molecule is CC1c2ccc(C(=O)OC3(C(N)=O)C=C3)n2CCN1C(=O)c1cc2ccc(Cl)cn2n1. The maximum Gasteiger partial charge on any atom is 0.356 e. The summed E-state index contributed by atoms with van der Waals surface area (Å²) in [6.45, 7) is 2.67. The van der Waals surface area contributed by atoms with Gasteiger partial charge in [-0.1, -0.05) is 11.6 Å². The molecule has 2 amide bonds. The molecular formula is C21H18ClN5O4. The van der Waals surface area contributed by atoms with Crippen molar-refractivity contribution in [2.75, 3.05) is 6.54 Å². The van der Waals surface area contributed by atoms with Crippen LogP contribution in [0, 0.1) is 0 Å². The van der Waals surface area contributed by atoms with E-state index in [1.54, 1.807) is 50.5 Å². The minimum Gasteiger partial charge on any atom is -0.436 e. The predicted octanol–water partition coefficient (Wildman–Crippen LogP) is 1.96. The van der Waals surface area contributed by atoms with Crippen molar-refractivity contribution in [3.05, 3.63) is 70.8 Å². The minimum atomic E-state index is -1.42. The van der Waals surface area contributed by atoms with Crippen LogP contribution in [0.2, 0.25) is 5.02 Å². The number of aromatic nitrogens is 3. The van der Waals surface area contributed by atoms with E-state index in [0.29, 0.717) is 29.5 Å². The average molecular weight is 440 g/mol. The van der Waals surface area contributed by atoms with Crippen LogP contribution in [0.3, 0.4) is 0 Å². The monoisotopic (exact) mass is 439 g/mol. The number of rotatable bonds is 4. The molecule has 0 saturated heterocycles. The van der Waals surface area contributed by atoms with Crippen molar-refractivity contribution in [3.63, 3.8) is 0 Å². The zero-order valence-electron chi connectivity index (χ0n) is 16.5. The average Bonchev–Trinajstić information content (AvgIpc) is 3.20. The number of halogens is 1. The molecule has 0 bridgehead atoms. The summed E-state index contributed by atoms with van der Waals surface area (Å²) in [6, 6.07) is 8.37. The van der Waals surface area contributed by atoms with E-state index in [0.717, 1.165) is 11.2 Å². The van der Waals surface area contributed by atoms with Crippen molar-refractivity contribution in [1.82, 2.24) is 19.1 Å². The molecule has 9 nitrogen and oxygen atoms in total. The maximum atomic E-state index is 13.1. The third-order valence-corrected chi connectivity index (χ3v) is 5.93. The highest BCUT2D eigenvalue weighted by Gasteiger charge is 2.46. The van der Waals surface area contributed by atoms with E-state index >= 15 is 0 Å². The van der Waals surface area contributed by atoms with Crippen molar-refractivity contribution in [2.45, 2.75) is 25.1 Å². The number of pyridine rings is 1. The second-order valence-electron chi connectivity index (χ2n) is 7.60. The van der Waals surface area contributed by atoms with Gasteiger partial charge in [0.05, 0.1) is 16.6 Å². The van der Waals surface area contributed by atoms with Gasteiger partial charge in [0.2, 0.25) is 5.60 Å². The van der Waals surface area contributed by atoms with E-state index in [1.807, 2.05) is 6.92 Å². The first-order valence-electron chi connectivity index (χ1n) is 9.68. The van der Waals surface area contributed by atoms with E-state index in [1.165, 1.54) is 12.2 Å². The van der Waals surface area contributed by atoms with Crippen LogP contribution in [0.25, 0.3) is 5.52 Å². The highest BCUT2D eigenvalue weighted by atomic mass is 35.5. The van der Waals surface area contributed by atoms with E-state index in [9.17, 15) is 14.4 Å². The fourth-order valence-corrected chi connectivity index (χ4v) is 4.05. The third-order valence-electron chi connectivity index (χ3n) is 5.70. The molecule has 3 aromatic rings. The van der Waals surface area contributed by atoms with Crippen LogP contribution in [-0.4, -0.2) is 49.0 Å². The Labute approximate surface area is 181 Å². The smallest absolute Gasteiger partial charge is 0.356 e. The van der Waals surface area contributed by atoms with Gasteiger partial charge in [0.15, 0.2) is 5.69 Å². The summed E-state index contributed by atoms with van der Waals surface area (Å²) in [4.78, 5) is 38.9. The summed E-state index contributed by atoms with van der Waals surface area (Å²) in [6.07, 6.45) is 4.53. The van der Waals surface area contributed by atoms with Gasteiger partial charge in [-0.15, -0.1) is 0 Å². The molecular weight excluding hydrogens is 422 g/mol. The van der Waals surface area contributed by atoms with Gasteiger partial charge in [-0.25, -0.2) is 9.31 Å². The Hall–Kier alpha value is -3.59. The quantitative estimate of drug-likeness (QED) is 0.493. The summed E-state index contributed by atoms with van der Waals surface area (Å²) in [5.74, 6) is -1.58. The lowest BCUT2D eigenvalue weighted by atomic mass is 10.1. The molecule has 2 aliphatic rings. The van der Waals surface area contributed by atoms with Gasteiger partial charge in [0.1, 0.15) is 5.69 Å². The van der Waals surface area contributed by atoms with Gasteiger partial charge in [0, 0.05) is 25.0 Å². The third kappa shape index (κ3) is 3.09. The topological polar surface area (TPSA) is 112 Å². The lowest BCUT2D eigenvalue weighted by Crippen LogP contribution is -2.42. The van der Waals surface area contributed by atoms with Gasteiger partial charge < -0.3 is 19.9 Å². The first-order chi connectivity index (χ1) is 14.8. The molecule has 1 unspecified atom stereocenters. The maximum absolute atomic E-state index is 13.1. The van der Waals surface area contributed by atoms with Gasteiger partial charge >= 0.3 is 5.97 Å². The lowest BCUT2D eigenvalue weighted by molar-refractivity contribution is -0.127. The van der Waals surface area contributed by atoms with Crippen LogP contribution in [0.4, 0.5) is 0 Å². The second-order valence-corrected chi connectivity index (χ2v) is 8.03. The standard InChI is InChI=1S/C21H18ClN5O4/c1-12-16-4-5-17(19(29)31-21(6-7-21)20(23)30)26(16)9-8-25(12)18(28)15-10-14-3-2-13(22)11-27(14)24-15/h2-7,10-12H,8-9H2,1H3,(H2,23,30). The lowest BCUT2D eigenvalue weighted by Gasteiger charge is -2.35. The first kappa shape index (κ1) is 19.4. The second kappa shape index (κ2) is 6.71. The highest BCUT2D eigenvalue weighted by molar-refractivity contribution is 6.30. The Morgan fingerprint density at radius 1 is 1.19 bits per heavy atom. The molecule has 0 saturated carbocycles. The molecule has 1 aliphatic carbocycles. The first-order valence-corrected chi connectivity index (χ1v) is 10.1. The Bertz CT molecular complexity index is 1280. The molecule has 0 spiro atoms. The molecule has 10 heteroatoms. The molecule has 5 rings (SSSR count). The largest absolute Gasteiger partial charge is 0.436 e. The number of hydrogen-bond donors (Lipinski definition) is 1. The van der Waals surface area contributed by atoms with Crippen molar-refractivity contribution < 1.29 is 19.1 Å². The molecule has 31 heavy (non-hydrogen) atoms. The predicted molar refractivity (Wildman–Crippen MR) is 111 cm³/mol. The summed E-state index contributed by atoms with van der Waals surface area (Å²) < 4.78 is 8.67. The van der Waals surface area contributed by atoms with E-state index < -0.39 is 17.5 Å². The van der Waals surface area contributed by atoms with Crippen LogP contribution in [0.5, 0.6) is 0 Å². The van der Waals surface area contributed by atoms with E-state index in [-0.39, 0.29) is 11.9 Å². The molecule has 3 aromatic heterocycles. The molecule has 2 N–H and O–H groups in total.